The summed E-state index contributed by atoms with van der Waals surface area (Å²) in [4.78, 5) is 15.7. The van der Waals surface area contributed by atoms with Crippen LogP contribution in [0.2, 0.25) is 0 Å². The van der Waals surface area contributed by atoms with E-state index in [4.69, 9.17) is 26.4 Å². The van der Waals surface area contributed by atoms with Crippen molar-refractivity contribution >= 4 is 5.82 Å². The summed E-state index contributed by atoms with van der Waals surface area (Å²) >= 11 is 0. The molecule has 1 fully saturated rings. The molecule has 1 aliphatic heterocycles. The second-order valence-electron chi connectivity index (χ2n) is 5.76. The van der Waals surface area contributed by atoms with Crippen LogP contribution in [-0.2, 0) is 4.74 Å². The SMILES string of the molecule is C#C[C@@]1(COc2ccc(OC)cc2)CC[C@H](n2ccc(N)nc2=O)O1. The van der Waals surface area contributed by atoms with Crippen molar-refractivity contribution in [3.05, 3.63) is 47.0 Å². The van der Waals surface area contributed by atoms with E-state index in [-0.39, 0.29) is 12.4 Å². The van der Waals surface area contributed by atoms with E-state index in [0.29, 0.717) is 18.6 Å². The molecule has 0 aliphatic carbocycles. The smallest absolute Gasteiger partial charge is 0.351 e. The lowest BCUT2D eigenvalue weighted by Gasteiger charge is -2.24. The first kappa shape index (κ1) is 16.9. The van der Waals surface area contributed by atoms with Crippen molar-refractivity contribution < 1.29 is 14.2 Å². The predicted octanol–water partition coefficient (Wildman–Crippen LogP) is 1.59. The van der Waals surface area contributed by atoms with Gasteiger partial charge in [0, 0.05) is 6.20 Å². The van der Waals surface area contributed by atoms with Gasteiger partial charge in [0.15, 0.2) is 5.60 Å². The first-order valence-electron chi connectivity index (χ1n) is 7.82. The molecule has 0 saturated carbocycles. The summed E-state index contributed by atoms with van der Waals surface area (Å²) in [7, 11) is 1.60. The highest BCUT2D eigenvalue weighted by atomic mass is 16.6. The van der Waals surface area contributed by atoms with Gasteiger partial charge in [0.2, 0.25) is 0 Å². The molecule has 3 rings (SSSR count). The van der Waals surface area contributed by atoms with Gasteiger partial charge in [0.25, 0.3) is 0 Å². The number of methoxy groups -OCH3 is 1. The molecule has 7 nitrogen and oxygen atoms in total. The summed E-state index contributed by atoms with van der Waals surface area (Å²) in [5, 5.41) is 0. The second kappa shape index (κ2) is 6.87. The molecule has 0 bridgehead atoms. The average Bonchev–Trinajstić information content (AvgIpc) is 3.05. The molecule has 1 aliphatic rings. The maximum atomic E-state index is 12.0. The first-order valence-corrected chi connectivity index (χ1v) is 7.82. The Bertz CT molecular complexity index is 841. The van der Waals surface area contributed by atoms with Crippen molar-refractivity contribution in [2.45, 2.75) is 24.7 Å². The number of nitrogen functional groups attached to an aromatic ring is 1. The molecule has 1 aromatic heterocycles. The molecule has 0 spiro atoms. The fourth-order valence-electron chi connectivity index (χ4n) is 2.70. The molecular weight excluding hydrogens is 322 g/mol. The van der Waals surface area contributed by atoms with Gasteiger partial charge < -0.3 is 19.9 Å². The molecule has 0 radical (unpaired) electrons. The van der Waals surface area contributed by atoms with Crippen LogP contribution in [0.4, 0.5) is 5.82 Å². The van der Waals surface area contributed by atoms with Crippen molar-refractivity contribution in [3.63, 3.8) is 0 Å². The van der Waals surface area contributed by atoms with Crippen LogP contribution in [0.3, 0.4) is 0 Å². The number of rotatable bonds is 5. The highest BCUT2D eigenvalue weighted by Gasteiger charge is 2.41. The summed E-state index contributed by atoms with van der Waals surface area (Å²) < 4.78 is 18.2. The van der Waals surface area contributed by atoms with E-state index in [9.17, 15) is 4.79 Å². The van der Waals surface area contributed by atoms with Crippen LogP contribution in [-0.4, -0.2) is 28.9 Å². The number of terminal acetylenes is 1. The minimum Gasteiger partial charge on any atom is -0.497 e. The quantitative estimate of drug-likeness (QED) is 0.831. The van der Waals surface area contributed by atoms with Crippen LogP contribution in [0.5, 0.6) is 11.5 Å². The summed E-state index contributed by atoms with van der Waals surface area (Å²) in [5.74, 6) is 4.24. The minimum absolute atomic E-state index is 0.172. The van der Waals surface area contributed by atoms with Gasteiger partial charge in [0.05, 0.1) is 7.11 Å². The molecule has 1 saturated heterocycles. The molecule has 1 aromatic carbocycles. The third-order valence-corrected chi connectivity index (χ3v) is 4.11. The Labute approximate surface area is 145 Å². The molecule has 2 heterocycles. The molecule has 0 unspecified atom stereocenters. The average molecular weight is 341 g/mol. The van der Waals surface area contributed by atoms with E-state index >= 15 is 0 Å². The number of anilines is 1. The van der Waals surface area contributed by atoms with Crippen LogP contribution >= 0.6 is 0 Å². The zero-order valence-corrected chi connectivity index (χ0v) is 13.8. The van der Waals surface area contributed by atoms with Crippen molar-refractivity contribution in [1.29, 1.82) is 0 Å². The number of nitrogens with two attached hydrogens (primary N) is 1. The Morgan fingerprint density at radius 3 is 2.76 bits per heavy atom. The number of hydrogen-bond donors (Lipinski definition) is 1. The molecule has 2 atom stereocenters. The number of ether oxygens (including phenoxy) is 3. The van der Waals surface area contributed by atoms with Gasteiger partial charge in [-0.3, -0.25) is 4.57 Å². The maximum absolute atomic E-state index is 12.0. The molecule has 130 valence electrons. The van der Waals surface area contributed by atoms with Crippen LogP contribution in [0.25, 0.3) is 0 Å². The van der Waals surface area contributed by atoms with E-state index < -0.39 is 17.5 Å². The first-order chi connectivity index (χ1) is 12.0. The van der Waals surface area contributed by atoms with Gasteiger partial charge in [0.1, 0.15) is 30.2 Å². The van der Waals surface area contributed by atoms with E-state index in [1.807, 2.05) is 0 Å². The highest BCUT2D eigenvalue weighted by molar-refractivity contribution is 5.31. The number of nitrogens with zero attached hydrogens (tertiary/aromatic N) is 2. The molecule has 25 heavy (non-hydrogen) atoms. The third kappa shape index (κ3) is 3.59. The van der Waals surface area contributed by atoms with Crippen molar-refractivity contribution in [2.24, 2.45) is 0 Å². The summed E-state index contributed by atoms with van der Waals surface area (Å²) in [5.41, 5.74) is 4.15. The van der Waals surface area contributed by atoms with Crippen LogP contribution in [0.15, 0.2) is 41.3 Å². The van der Waals surface area contributed by atoms with Crippen LogP contribution in [0, 0.1) is 12.3 Å². The predicted molar refractivity (Wildman–Crippen MR) is 92.3 cm³/mol. The molecule has 0 amide bonds. The Morgan fingerprint density at radius 2 is 2.12 bits per heavy atom. The Hall–Kier alpha value is -2.98. The van der Waals surface area contributed by atoms with Crippen molar-refractivity contribution in [2.75, 3.05) is 19.5 Å². The number of hydrogen-bond acceptors (Lipinski definition) is 6. The number of benzene rings is 1. The summed E-state index contributed by atoms with van der Waals surface area (Å²) in [6, 6.07) is 8.74. The third-order valence-electron chi connectivity index (χ3n) is 4.11. The second-order valence-corrected chi connectivity index (χ2v) is 5.76. The zero-order chi connectivity index (χ0) is 17.9. The lowest BCUT2D eigenvalue weighted by molar-refractivity contribution is -0.0599. The van der Waals surface area contributed by atoms with Gasteiger partial charge in [-0.1, -0.05) is 5.92 Å². The van der Waals surface area contributed by atoms with Crippen LogP contribution in [0.1, 0.15) is 19.1 Å². The van der Waals surface area contributed by atoms with Crippen molar-refractivity contribution in [3.8, 4) is 23.8 Å². The lowest BCUT2D eigenvalue weighted by atomic mass is 10.0. The largest absolute Gasteiger partial charge is 0.497 e. The molecule has 2 N–H and O–H groups in total. The maximum Gasteiger partial charge on any atom is 0.351 e. The van der Waals surface area contributed by atoms with Gasteiger partial charge >= 0.3 is 5.69 Å². The molecular formula is C18H19N3O4. The van der Waals surface area contributed by atoms with Gasteiger partial charge in [-0.25, -0.2) is 4.79 Å². The molecule has 2 aromatic rings. The van der Waals surface area contributed by atoms with E-state index in [2.05, 4.69) is 10.9 Å². The van der Waals surface area contributed by atoms with Gasteiger partial charge in [-0.05, 0) is 43.2 Å². The monoisotopic (exact) mass is 341 g/mol. The Morgan fingerprint density at radius 1 is 1.40 bits per heavy atom. The highest BCUT2D eigenvalue weighted by Crippen LogP contribution is 2.36. The van der Waals surface area contributed by atoms with Crippen molar-refractivity contribution in [1.82, 2.24) is 9.55 Å². The summed E-state index contributed by atoms with van der Waals surface area (Å²) in [6.07, 6.45) is 7.91. The number of aromatic nitrogens is 2. The van der Waals surface area contributed by atoms with Gasteiger partial charge in [-0.2, -0.15) is 4.98 Å². The normalized spacial score (nSPS) is 22.3. The van der Waals surface area contributed by atoms with E-state index in [0.717, 1.165) is 5.75 Å². The Kier molecular flexibility index (Phi) is 4.63. The fraction of sp³-hybridized carbons (Fsp3) is 0.333. The standard InChI is InChI=1S/C18H19N3O4/c1-3-18(12-24-14-6-4-13(23-2)5-7-14)10-8-16(25-18)21-11-9-15(19)20-17(21)22/h1,4-7,9,11,16H,8,10,12H2,2H3,(H2,19,20,22)/t16-,18+/m1/s1. The lowest BCUT2D eigenvalue weighted by Crippen LogP contribution is -2.35. The summed E-state index contributed by atoms with van der Waals surface area (Å²) in [6.45, 7) is 0.184. The Balaban J connectivity index is 1.69. The fourth-order valence-corrected chi connectivity index (χ4v) is 2.70. The minimum atomic E-state index is -0.897. The molecule has 7 heteroatoms. The van der Waals surface area contributed by atoms with E-state index in [1.165, 1.54) is 4.57 Å². The topological polar surface area (TPSA) is 88.6 Å². The zero-order valence-electron chi connectivity index (χ0n) is 13.8. The van der Waals surface area contributed by atoms with Gasteiger partial charge in [-0.15, -0.1) is 6.42 Å². The van der Waals surface area contributed by atoms with Crippen LogP contribution < -0.4 is 20.9 Å². The van der Waals surface area contributed by atoms with E-state index in [1.54, 1.807) is 43.6 Å².